The molecule has 1 atom stereocenters. The largest absolute Gasteiger partial charge is 0.340 e. The van der Waals surface area contributed by atoms with E-state index >= 15 is 0 Å². The highest BCUT2D eigenvalue weighted by Gasteiger charge is 2.25. The van der Waals surface area contributed by atoms with E-state index in [1.165, 1.54) is 0 Å². The summed E-state index contributed by atoms with van der Waals surface area (Å²) in [5, 5.41) is 3.04. The van der Waals surface area contributed by atoms with Crippen LogP contribution in [0.4, 0.5) is 0 Å². The third-order valence-electron chi connectivity index (χ3n) is 3.61. The number of hydrogen-bond acceptors (Lipinski definition) is 3. The molecule has 0 saturated heterocycles. The van der Waals surface area contributed by atoms with Gasteiger partial charge in [-0.1, -0.05) is 67.9 Å². The Bertz CT molecular complexity index is 720. The van der Waals surface area contributed by atoms with E-state index in [0.29, 0.717) is 10.6 Å². The van der Waals surface area contributed by atoms with Crippen LogP contribution < -0.4 is 10.8 Å². The third-order valence-corrected chi connectivity index (χ3v) is 3.94. The van der Waals surface area contributed by atoms with Gasteiger partial charge in [-0.15, -0.1) is 0 Å². The van der Waals surface area contributed by atoms with Crippen molar-refractivity contribution in [3.8, 4) is 0 Å². The Hall–Kier alpha value is -2.37. The zero-order chi connectivity index (χ0) is 18.2. The van der Waals surface area contributed by atoms with Gasteiger partial charge >= 0.3 is 0 Å². The Morgan fingerprint density at radius 2 is 1.68 bits per heavy atom. The molecule has 0 aliphatic rings. The molecule has 2 rings (SSSR count). The van der Waals surface area contributed by atoms with Gasteiger partial charge in [0, 0.05) is 0 Å². The number of nitrogens with one attached hydrogen (secondary N) is 2. The maximum Gasteiger partial charge on any atom is 0.266 e. The highest BCUT2D eigenvalue weighted by Crippen LogP contribution is 2.15. The summed E-state index contributed by atoms with van der Waals surface area (Å²) in [4.78, 5) is 30.0. The van der Waals surface area contributed by atoms with Crippen molar-refractivity contribution in [1.82, 2.24) is 10.8 Å². The Morgan fingerprint density at radius 1 is 1.04 bits per heavy atom. The van der Waals surface area contributed by atoms with Crippen molar-refractivity contribution in [2.24, 2.45) is 5.92 Å². The lowest BCUT2D eigenvalue weighted by atomic mass is 10.0. The standard InChI is InChI=1S/C19H21ClN2O3/c1-13(2)17(21-18(23)15-10-6-7-11-16(15)20)19(24)22-25-12-14-8-4-3-5-9-14/h3-11,13,17H,12H2,1-2H3,(H,21,23)(H,22,24)/t17-/m1/s1. The van der Waals surface area contributed by atoms with Gasteiger partial charge in [0.2, 0.25) is 0 Å². The van der Waals surface area contributed by atoms with Gasteiger partial charge in [0.15, 0.2) is 0 Å². The minimum atomic E-state index is -0.737. The lowest BCUT2D eigenvalue weighted by molar-refractivity contribution is -0.137. The van der Waals surface area contributed by atoms with Crippen molar-refractivity contribution >= 4 is 23.4 Å². The molecule has 0 spiro atoms. The van der Waals surface area contributed by atoms with Crippen LogP contribution in [-0.4, -0.2) is 17.9 Å². The van der Waals surface area contributed by atoms with Crippen molar-refractivity contribution in [2.75, 3.05) is 0 Å². The number of benzene rings is 2. The minimum absolute atomic E-state index is 0.119. The van der Waals surface area contributed by atoms with Crippen molar-refractivity contribution in [3.63, 3.8) is 0 Å². The molecule has 0 fully saturated rings. The summed E-state index contributed by atoms with van der Waals surface area (Å²) in [7, 11) is 0. The van der Waals surface area contributed by atoms with E-state index in [4.69, 9.17) is 16.4 Å². The molecular formula is C19H21ClN2O3. The van der Waals surface area contributed by atoms with Gasteiger partial charge < -0.3 is 5.32 Å². The zero-order valence-corrected chi connectivity index (χ0v) is 14.9. The Balaban J connectivity index is 1.94. The quantitative estimate of drug-likeness (QED) is 0.744. The van der Waals surface area contributed by atoms with Gasteiger partial charge in [0.05, 0.1) is 17.2 Å². The Kier molecular flexibility index (Phi) is 6.98. The number of hydroxylamine groups is 1. The molecule has 6 heteroatoms. The minimum Gasteiger partial charge on any atom is -0.340 e. The van der Waals surface area contributed by atoms with Gasteiger partial charge in [-0.2, -0.15) is 0 Å². The summed E-state index contributed by atoms with van der Waals surface area (Å²) in [5.41, 5.74) is 3.66. The topological polar surface area (TPSA) is 67.4 Å². The monoisotopic (exact) mass is 360 g/mol. The normalized spacial score (nSPS) is 11.8. The second-order valence-electron chi connectivity index (χ2n) is 5.92. The maximum absolute atomic E-state index is 12.4. The molecule has 2 aromatic rings. The van der Waals surface area contributed by atoms with E-state index in [0.717, 1.165) is 5.56 Å². The van der Waals surface area contributed by atoms with E-state index in [-0.39, 0.29) is 12.5 Å². The summed E-state index contributed by atoms with van der Waals surface area (Å²) < 4.78 is 0. The highest BCUT2D eigenvalue weighted by atomic mass is 35.5. The average Bonchev–Trinajstić information content (AvgIpc) is 2.60. The fourth-order valence-corrected chi connectivity index (χ4v) is 2.45. The van der Waals surface area contributed by atoms with Crippen LogP contribution in [0.3, 0.4) is 0 Å². The molecule has 2 amide bonds. The molecule has 0 bridgehead atoms. The molecule has 0 saturated carbocycles. The van der Waals surface area contributed by atoms with Crippen molar-refractivity contribution in [1.29, 1.82) is 0 Å². The summed E-state index contributed by atoms with van der Waals surface area (Å²) in [6, 6.07) is 15.4. The lowest BCUT2D eigenvalue weighted by Gasteiger charge is -2.21. The predicted octanol–water partition coefficient (Wildman–Crippen LogP) is 3.34. The fourth-order valence-electron chi connectivity index (χ4n) is 2.23. The fraction of sp³-hybridized carbons (Fsp3) is 0.263. The predicted molar refractivity (Wildman–Crippen MR) is 96.9 cm³/mol. The first-order valence-corrected chi connectivity index (χ1v) is 8.37. The van der Waals surface area contributed by atoms with Crippen LogP contribution in [0.2, 0.25) is 5.02 Å². The number of hydrogen-bond donors (Lipinski definition) is 2. The zero-order valence-electron chi connectivity index (χ0n) is 14.2. The Labute approximate surface area is 152 Å². The molecule has 0 aromatic heterocycles. The maximum atomic E-state index is 12.4. The second kappa shape index (κ2) is 9.20. The first-order chi connectivity index (χ1) is 12.0. The SMILES string of the molecule is CC(C)[C@@H](NC(=O)c1ccccc1Cl)C(=O)NOCc1ccccc1. The Morgan fingerprint density at radius 3 is 2.32 bits per heavy atom. The third kappa shape index (κ3) is 5.59. The van der Waals surface area contributed by atoms with Crippen molar-refractivity contribution in [3.05, 3.63) is 70.7 Å². The van der Waals surface area contributed by atoms with E-state index in [2.05, 4.69) is 10.8 Å². The molecule has 0 radical (unpaired) electrons. The summed E-state index contributed by atoms with van der Waals surface area (Å²) in [6.45, 7) is 3.93. The number of carbonyl (C=O) groups is 2. The van der Waals surface area contributed by atoms with E-state index < -0.39 is 17.9 Å². The number of halogens is 1. The summed E-state index contributed by atoms with van der Waals surface area (Å²) >= 11 is 6.03. The van der Waals surface area contributed by atoms with Crippen LogP contribution in [0.15, 0.2) is 54.6 Å². The second-order valence-corrected chi connectivity index (χ2v) is 6.32. The first-order valence-electron chi connectivity index (χ1n) is 8.00. The molecule has 132 valence electrons. The molecule has 0 aliphatic heterocycles. The lowest BCUT2D eigenvalue weighted by Crippen LogP contribution is -2.49. The van der Waals surface area contributed by atoms with Crippen LogP contribution in [0, 0.1) is 5.92 Å². The summed E-state index contributed by atoms with van der Waals surface area (Å²) in [6.07, 6.45) is 0. The number of carbonyl (C=O) groups excluding carboxylic acids is 2. The smallest absolute Gasteiger partial charge is 0.266 e. The number of amides is 2. The van der Waals surface area contributed by atoms with Crippen LogP contribution in [0.5, 0.6) is 0 Å². The number of rotatable bonds is 7. The summed E-state index contributed by atoms with van der Waals surface area (Å²) in [5.74, 6) is -0.930. The molecule has 0 unspecified atom stereocenters. The molecule has 0 aliphatic carbocycles. The van der Waals surface area contributed by atoms with Crippen LogP contribution >= 0.6 is 11.6 Å². The van der Waals surface area contributed by atoms with Crippen LogP contribution in [-0.2, 0) is 16.2 Å². The van der Waals surface area contributed by atoms with Crippen LogP contribution in [0.25, 0.3) is 0 Å². The van der Waals surface area contributed by atoms with Crippen LogP contribution in [0.1, 0.15) is 29.8 Å². The van der Waals surface area contributed by atoms with Crippen molar-refractivity contribution < 1.29 is 14.4 Å². The van der Waals surface area contributed by atoms with Gasteiger partial charge in [0.25, 0.3) is 11.8 Å². The van der Waals surface area contributed by atoms with Gasteiger partial charge in [-0.3, -0.25) is 14.4 Å². The highest BCUT2D eigenvalue weighted by molar-refractivity contribution is 6.33. The van der Waals surface area contributed by atoms with E-state index in [1.54, 1.807) is 24.3 Å². The van der Waals surface area contributed by atoms with Gasteiger partial charge in [-0.25, -0.2) is 5.48 Å². The molecule has 25 heavy (non-hydrogen) atoms. The molecule has 2 aromatic carbocycles. The molecule has 5 nitrogen and oxygen atoms in total. The molecule has 2 N–H and O–H groups in total. The van der Waals surface area contributed by atoms with Gasteiger partial charge in [-0.05, 0) is 23.6 Å². The average molecular weight is 361 g/mol. The van der Waals surface area contributed by atoms with Gasteiger partial charge in [0.1, 0.15) is 6.04 Å². The van der Waals surface area contributed by atoms with Crippen molar-refractivity contribution in [2.45, 2.75) is 26.5 Å². The van der Waals surface area contributed by atoms with E-state index in [9.17, 15) is 9.59 Å². The molecule has 0 heterocycles. The molecular weight excluding hydrogens is 340 g/mol. The van der Waals surface area contributed by atoms with E-state index in [1.807, 2.05) is 44.2 Å². The first kappa shape index (κ1) is 19.0.